The molecule has 0 saturated heterocycles. The van der Waals surface area contributed by atoms with Crippen LogP contribution in [0.3, 0.4) is 0 Å². The molecule has 134 valence electrons. The second-order valence-electron chi connectivity index (χ2n) is 7.33. The predicted molar refractivity (Wildman–Crippen MR) is 106 cm³/mol. The van der Waals surface area contributed by atoms with Gasteiger partial charge in [-0.25, -0.2) is 0 Å². The molecule has 0 aliphatic carbocycles. The number of hydrogen-bond donors (Lipinski definition) is 0. The van der Waals surface area contributed by atoms with Gasteiger partial charge in [0.2, 0.25) is 0 Å². The Morgan fingerprint density at radius 3 is 1.65 bits per heavy atom. The summed E-state index contributed by atoms with van der Waals surface area (Å²) < 4.78 is 0. The molecule has 0 atom stereocenters. The first-order chi connectivity index (χ1) is 11.3. The second kappa shape index (κ2) is 15.0. The maximum absolute atomic E-state index is 4.45. The van der Waals surface area contributed by atoms with Crippen LogP contribution in [0.1, 0.15) is 117 Å². The third kappa shape index (κ3) is 11.6. The Kier molecular flexibility index (Phi) is 13.3. The van der Waals surface area contributed by atoms with Crippen molar-refractivity contribution in [3.63, 3.8) is 0 Å². The summed E-state index contributed by atoms with van der Waals surface area (Å²) in [5.74, 6) is 0. The normalized spacial score (nSPS) is 16.3. The molecule has 1 aliphatic rings. The van der Waals surface area contributed by atoms with Crippen LogP contribution < -0.4 is 0 Å². The van der Waals surface area contributed by atoms with Gasteiger partial charge in [-0.15, -0.1) is 0 Å². The van der Waals surface area contributed by atoms with Gasteiger partial charge in [-0.2, -0.15) is 0 Å². The van der Waals surface area contributed by atoms with Crippen LogP contribution >= 0.6 is 0 Å². The fourth-order valence-electron chi connectivity index (χ4n) is 3.49. The van der Waals surface area contributed by atoms with Crippen LogP contribution in [0.4, 0.5) is 0 Å². The van der Waals surface area contributed by atoms with Crippen molar-refractivity contribution in [2.24, 2.45) is 4.99 Å². The Bertz CT molecular complexity index is 327. The van der Waals surface area contributed by atoms with E-state index in [1.165, 1.54) is 114 Å². The van der Waals surface area contributed by atoms with E-state index in [1.54, 1.807) is 0 Å². The summed E-state index contributed by atoms with van der Waals surface area (Å²) in [7, 11) is 0. The lowest BCUT2D eigenvalue weighted by Gasteiger charge is -2.03. The van der Waals surface area contributed by atoms with Gasteiger partial charge < -0.3 is 0 Å². The van der Waals surface area contributed by atoms with E-state index >= 15 is 0 Å². The van der Waals surface area contributed by atoms with E-state index in [0.717, 1.165) is 6.54 Å². The highest BCUT2D eigenvalue weighted by Gasteiger charge is 2.06. The molecule has 0 bridgehead atoms. The van der Waals surface area contributed by atoms with Crippen molar-refractivity contribution in [3.8, 4) is 0 Å². The van der Waals surface area contributed by atoms with Gasteiger partial charge in [0.15, 0.2) is 0 Å². The molecular weight excluding hydrogens is 278 g/mol. The predicted octanol–water partition coefficient (Wildman–Crippen LogP) is 7.65. The van der Waals surface area contributed by atoms with E-state index in [0.29, 0.717) is 0 Å². The van der Waals surface area contributed by atoms with E-state index < -0.39 is 0 Å². The fourth-order valence-corrected chi connectivity index (χ4v) is 3.49. The summed E-state index contributed by atoms with van der Waals surface area (Å²) in [6, 6.07) is 0. The maximum Gasteiger partial charge on any atom is 0.0433 e. The molecule has 0 aromatic heterocycles. The summed E-state index contributed by atoms with van der Waals surface area (Å²) in [5.41, 5.74) is 2.80. The van der Waals surface area contributed by atoms with Crippen LogP contribution in [-0.2, 0) is 0 Å². The van der Waals surface area contributed by atoms with Crippen molar-refractivity contribution in [3.05, 3.63) is 11.6 Å². The smallest absolute Gasteiger partial charge is 0.0433 e. The largest absolute Gasteiger partial charge is 0.289 e. The topological polar surface area (TPSA) is 12.4 Å². The molecule has 0 aromatic rings. The van der Waals surface area contributed by atoms with Crippen LogP contribution in [-0.4, -0.2) is 12.3 Å². The van der Waals surface area contributed by atoms with Gasteiger partial charge in [-0.1, -0.05) is 96.5 Å². The maximum atomic E-state index is 4.45. The monoisotopic (exact) mass is 319 g/mol. The first-order valence-corrected chi connectivity index (χ1v) is 10.5. The van der Waals surface area contributed by atoms with Gasteiger partial charge in [0, 0.05) is 12.3 Å². The van der Waals surface area contributed by atoms with E-state index in [-0.39, 0.29) is 0 Å². The Labute approximate surface area is 146 Å². The van der Waals surface area contributed by atoms with Gasteiger partial charge in [-0.3, -0.25) is 4.99 Å². The van der Waals surface area contributed by atoms with Crippen LogP contribution in [0, 0.1) is 0 Å². The van der Waals surface area contributed by atoms with Gasteiger partial charge in [0.1, 0.15) is 0 Å². The SMILES string of the molecule is CCCCCCCCCCCCCCCC/C=C1\CCN=C1C. The third-order valence-corrected chi connectivity index (χ3v) is 5.14. The van der Waals surface area contributed by atoms with Gasteiger partial charge in [0.05, 0.1) is 0 Å². The minimum absolute atomic E-state index is 1.02. The highest BCUT2D eigenvalue weighted by Crippen LogP contribution is 2.16. The molecule has 1 rings (SSSR count). The molecule has 0 fully saturated rings. The van der Waals surface area contributed by atoms with Gasteiger partial charge in [-0.05, 0) is 31.8 Å². The highest BCUT2D eigenvalue weighted by atomic mass is 14.8. The zero-order valence-corrected chi connectivity index (χ0v) is 16.0. The minimum Gasteiger partial charge on any atom is -0.289 e. The van der Waals surface area contributed by atoms with Crippen molar-refractivity contribution < 1.29 is 0 Å². The molecule has 0 radical (unpaired) electrons. The Hall–Kier alpha value is -0.590. The highest BCUT2D eigenvalue weighted by molar-refractivity contribution is 5.99. The summed E-state index contributed by atoms with van der Waals surface area (Å²) in [6.07, 6.45) is 25.1. The number of unbranched alkanes of at least 4 members (excludes halogenated alkanes) is 14. The average Bonchev–Trinajstić information content (AvgIpc) is 2.96. The van der Waals surface area contributed by atoms with E-state index in [4.69, 9.17) is 0 Å². The summed E-state index contributed by atoms with van der Waals surface area (Å²) in [6.45, 7) is 5.48. The first-order valence-electron chi connectivity index (χ1n) is 10.5. The lowest BCUT2D eigenvalue weighted by molar-refractivity contribution is 0.536. The number of allylic oxidation sites excluding steroid dienone is 1. The number of hydrogen-bond acceptors (Lipinski definition) is 1. The molecule has 1 heteroatoms. The summed E-state index contributed by atoms with van der Waals surface area (Å²) in [4.78, 5) is 4.45. The Balaban J connectivity index is 1.74. The number of nitrogens with zero attached hydrogens (tertiary/aromatic N) is 1. The van der Waals surface area contributed by atoms with Crippen molar-refractivity contribution in [1.29, 1.82) is 0 Å². The quantitative estimate of drug-likeness (QED) is 0.275. The van der Waals surface area contributed by atoms with Gasteiger partial charge >= 0.3 is 0 Å². The minimum atomic E-state index is 1.02. The van der Waals surface area contributed by atoms with Crippen LogP contribution in [0.15, 0.2) is 16.6 Å². The molecule has 0 spiro atoms. The summed E-state index contributed by atoms with van der Waals surface area (Å²) in [5, 5.41) is 0. The molecule has 1 aliphatic heterocycles. The molecular formula is C22H41N. The third-order valence-electron chi connectivity index (χ3n) is 5.14. The van der Waals surface area contributed by atoms with E-state index in [1.807, 2.05) is 0 Å². The molecule has 0 saturated carbocycles. The Morgan fingerprint density at radius 1 is 0.739 bits per heavy atom. The Morgan fingerprint density at radius 2 is 1.22 bits per heavy atom. The van der Waals surface area contributed by atoms with Crippen molar-refractivity contribution in [2.75, 3.05) is 6.54 Å². The molecule has 1 heterocycles. The number of rotatable bonds is 15. The van der Waals surface area contributed by atoms with Crippen LogP contribution in [0.25, 0.3) is 0 Å². The molecule has 0 amide bonds. The lowest BCUT2D eigenvalue weighted by atomic mass is 10.0. The standard InChI is InChI=1S/C22H41N/c1-3-4-5-6-7-8-9-10-11-12-13-14-15-16-17-18-22-19-20-23-21(22)2/h18H,3-17,19-20H2,1-2H3/b22-18+. The molecule has 23 heavy (non-hydrogen) atoms. The molecule has 0 unspecified atom stereocenters. The molecule has 0 aromatic carbocycles. The summed E-state index contributed by atoms with van der Waals surface area (Å²) >= 11 is 0. The molecule has 1 nitrogen and oxygen atoms in total. The van der Waals surface area contributed by atoms with E-state index in [9.17, 15) is 0 Å². The lowest BCUT2D eigenvalue weighted by Crippen LogP contribution is -1.89. The van der Waals surface area contributed by atoms with E-state index in [2.05, 4.69) is 24.9 Å². The fraction of sp³-hybridized carbons (Fsp3) is 0.864. The second-order valence-corrected chi connectivity index (χ2v) is 7.33. The first kappa shape index (κ1) is 20.5. The zero-order chi connectivity index (χ0) is 16.6. The average molecular weight is 320 g/mol. The molecule has 0 N–H and O–H groups in total. The van der Waals surface area contributed by atoms with Crippen molar-refractivity contribution in [1.82, 2.24) is 0 Å². The van der Waals surface area contributed by atoms with Crippen LogP contribution in [0.5, 0.6) is 0 Å². The van der Waals surface area contributed by atoms with Gasteiger partial charge in [0.25, 0.3) is 0 Å². The van der Waals surface area contributed by atoms with Crippen molar-refractivity contribution >= 4 is 5.71 Å². The zero-order valence-electron chi connectivity index (χ0n) is 16.0. The van der Waals surface area contributed by atoms with Crippen molar-refractivity contribution in [2.45, 2.75) is 117 Å². The number of aliphatic imine (C=N–C) groups is 1. The van der Waals surface area contributed by atoms with Crippen LogP contribution in [0.2, 0.25) is 0 Å².